The van der Waals surface area contributed by atoms with Crippen molar-refractivity contribution in [2.45, 2.75) is 13.8 Å². The highest BCUT2D eigenvalue weighted by Crippen LogP contribution is 2.20. The average molecular weight is 374 g/mol. The Hall–Kier alpha value is -3.60. The molecule has 0 aromatic heterocycles. The Bertz CT molecular complexity index is 1040. The van der Waals surface area contributed by atoms with Crippen LogP contribution in [0.25, 0.3) is 16.8 Å². The van der Waals surface area contributed by atoms with E-state index >= 15 is 0 Å². The van der Waals surface area contributed by atoms with E-state index in [4.69, 9.17) is 4.74 Å². The molecule has 5 nitrogen and oxygen atoms in total. The smallest absolute Gasteiger partial charge is 0.276 e. The molecule has 0 unspecified atom stereocenters. The number of hydrazine groups is 1. The first-order chi connectivity index (χ1) is 13.5. The summed E-state index contributed by atoms with van der Waals surface area (Å²) in [5.41, 5.74) is 7.63. The minimum Gasteiger partial charge on any atom is -0.483 e. The monoisotopic (exact) mass is 374 g/mol. The van der Waals surface area contributed by atoms with Gasteiger partial charge in [0.05, 0.1) is 0 Å². The topological polar surface area (TPSA) is 67.4 Å². The SMILES string of the molecule is Cc1ccc(C)c(OCC(=O)NNC(=O)C=Cc2cccc3ccccc23)c1. The fourth-order valence-electron chi connectivity index (χ4n) is 2.78. The van der Waals surface area contributed by atoms with Gasteiger partial charge in [-0.2, -0.15) is 0 Å². The molecule has 3 rings (SSSR count). The van der Waals surface area contributed by atoms with Crippen LogP contribution in [0.3, 0.4) is 0 Å². The zero-order chi connectivity index (χ0) is 19.9. The molecule has 0 atom stereocenters. The largest absolute Gasteiger partial charge is 0.483 e. The molecule has 0 aliphatic rings. The highest BCUT2D eigenvalue weighted by molar-refractivity contribution is 5.97. The lowest BCUT2D eigenvalue weighted by molar-refractivity contribution is -0.128. The van der Waals surface area contributed by atoms with Gasteiger partial charge < -0.3 is 4.74 Å². The van der Waals surface area contributed by atoms with Crippen molar-refractivity contribution in [2.75, 3.05) is 6.61 Å². The highest BCUT2D eigenvalue weighted by Gasteiger charge is 2.06. The van der Waals surface area contributed by atoms with Crippen LogP contribution in [0, 0.1) is 13.8 Å². The molecule has 0 saturated carbocycles. The number of aryl methyl sites for hydroxylation is 2. The summed E-state index contributed by atoms with van der Waals surface area (Å²) in [4.78, 5) is 23.9. The van der Waals surface area contributed by atoms with E-state index < -0.39 is 11.8 Å². The Kier molecular flexibility index (Phi) is 6.07. The third-order valence-corrected chi connectivity index (χ3v) is 4.27. The number of fused-ring (bicyclic) bond motifs is 1. The summed E-state index contributed by atoms with van der Waals surface area (Å²) in [5, 5.41) is 2.15. The average Bonchev–Trinajstić information content (AvgIpc) is 2.71. The molecule has 0 aliphatic carbocycles. The number of rotatable bonds is 5. The van der Waals surface area contributed by atoms with Crippen LogP contribution in [-0.4, -0.2) is 18.4 Å². The summed E-state index contributed by atoms with van der Waals surface area (Å²) in [6, 6.07) is 19.6. The van der Waals surface area contributed by atoms with Crippen LogP contribution in [0.4, 0.5) is 0 Å². The third-order valence-electron chi connectivity index (χ3n) is 4.27. The Labute approximate surface area is 164 Å². The molecule has 2 amide bonds. The summed E-state index contributed by atoms with van der Waals surface area (Å²) >= 11 is 0. The summed E-state index contributed by atoms with van der Waals surface area (Å²) in [6.45, 7) is 3.68. The van der Waals surface area contributed by atoms with Crippen LogP contribution in [0.15, 0.2) is 66.7 Å². The van der Waals surface area contributed by atoms with Gasteiger partial charge in [0.25, 0.3) is 11.8 Å². The van der Waals surface area contributed by atoms with E-state index in [1.807, 2.05) is 74.5 Å². The van der Waals surface area contributed by atoms with Crippen LogP contribution >= 0.6 is 0 Å². The first-order valence-electron chi connectivity index (χ1n) is 8.97. The second kappa shape index (κ2) is 8.86. The van der Waals surface area contributed by atoms with Crippen LogP contribution < -0.4 is 15.6 Å². The molecule has 0 bridgehead atoms. The molecule has 0 saturated heterocycles. The number of carbonyl (C=O) groups excluding carboxylic acids is 2. The minimum absolute atomic E-state index is 0.183. The van der Waals surface area contributed by atoms with Gasteiger partial charge in [0.1, 0.15) is 5.75 Å². The van der Waals surface area contributed by atoms with Crippen molar-refractivity contribution in [3.63, 3.8) is 0 Å². The van der Waals surface area contributed by atoms with Gasteiger partial charge in [-0.25, -0.2) is 0 Å². The summed E-state index contributed by atoms with van der Waals surface area (Å²) in [6.07, 6.45) is 3.10. The van der Waals surface area contributed by atoms with Crippen LogP contribution in [0.1, 0.15) is 16.7 Å². The fourth-order valence-corrected chi connectivity index (χ4v) is 2.78. The van der Waals surface area contributed by atoms with E-state index in [1.165, 1.54) is 6.08 Å². The maximum atomic E-state index is 12.0. The van der Waals surface area contributed by atoms with Gasteiger partial charge in [-0.1, -0.05) is 54.6 Å². The highest BCUT2D eigenvalue weighted by atomic mass is 16.5. The van der Waals surface area contributed by atoms with Crippen molar-refractivity contribution in [1.29, 1.82) is 0 Å². The predicted octanol–water partition coefficient (Wildman–Crippen LogP) is 3.70. The number of carbonyl (C=O) groups is 2. The molecule has 0 aliphatic heterocycles. The van der Waals surface area contributed by atoms with Crippen molar-refractivity contribution in [3.8, 4) is 5.75 Å². The zero-order valence-electron chi connectivity index (χ0n) is 15.9. The zero-order valence-corrected chi connectivity index (χ0v) is 15.9. The minimum atomic E-state index is -0.437. The molecule has 0 heterocycles. The number of hydrogen-bond acceptors (Lipinski definition) is 3. The van der Waals surface area contributed by atoms with Crippen molar-refractivity contribution < 1.29 is 14.3 Å². The summed E-state index contributed by atoms with van der Waals surface area (Å²) in [7, 11) is 0. The van der Waals surface area contributed by atoms with Gasteiger partial charge >= 0.3 is 0 Å². The molecule has 5 heteroatoms. The van der Waals surface area contributed by atoms with Crippen molar-refractivity contribution in [1.82, 2.24) is 10.9 Å². The Morgan fingerprint density at radius 1 is 0.964 bits per heavy atom. The number of hydrogen-bond donors (Lipinski definition) is 2. The van der Waals surface area contributed by atoms with Gasteiger partial charge in [-0.05, 0) is 53.5 Å². The molecule has 142 valence electrons. The lowest BCUT2D eigenvalue weighted by Gasteiger charge is -2.10. The quantitative estimate of drug-likeness (QED) is 0.529. The second-order valence-corrected chi connectivity index (χ2v) is 6.50. The van der Waals surface area contributed by atoms with Crippen LogP contribution in [0.5, 0.6) is 5.75 Å². The second-order valence-electron chi connectivity index (χ2n) is 6.50. The van der Waals surface area contributed by atoms with Gasteiger partial charge in [-0.3, -0.25) is 20.4 Å². The first-order valence-corrected chi connectivity index (χ1v) is 8.97. The number of amides is 2. The first kappa shape index (κ1) is 19.2. The molecular weight excluding hydrogens is 352 g/mol. The molecule has 28 heavy (non-hydrogen) atoms. The van der Waals surface area contributed by atoms with Crippen molar-refractivity contribution in [2.24, 2.45) is 0 Å². The molecule has 0 radical (unpaired) electrons. The molecule has 3 aromatic rings. The third kappa shape index (κ3) is 4.98. The Morgan fingerprint density at radius 3 is 2.61 bits per heavy atom. The summed E-state index contributed by atoms with van der Waals surface area (Å²) in [5.74, 6) is -0.210. The Morgan fingerprint density at radius 2 is 1.75 bits per heavy atom. The standard InChI is InChI=1S/C23H22N2O3/c1-16-10-11-17(2)21(14-16)28-15-23(27)25-24-22(26)13-12-19-8-5-7-18-6-3-4-9-20(18)19/h3-14H,15H2,1-2H3,(H,24,26)(H,25,27). The normalized spacial score (nSPS) is 10.8. The number of benzene rings is 3. The molecular formula is C23H22N2O3. The molecule has 3 aromatic carbocycles. The van der Waals surface area contributed by atoms with Gasteiger partial charge in [-0.15, -0.1) is 0 Å². The van der Waals surface area contributed by atoms with Crippen LogP contribution in [0.2, 0.25) is 0 Å². The number of nitrogens with one attached hydrogen (secondary N) is 2. The van der Waals surface area contributed by atoms with Gasteiger partial charge in [0.2, 0.25) is 0 Å². The molecule has 0 fully saturated rings. The maximum absolute atomic E-state index is 12.0. The van der Waals surface area contributed by atoms with Gasteiger partial charge in [0.15, 0.2) is 6.61 Å². The maximum Gasteiger partial charge on any atom is 0.276 e. The van der Waals surface area contributed by atoms with E-state index in [0.29, 0.717) is 5.75 Å². The molecule has 0 spiro atoms. The summed E-state index contributed by atoms with van der Waals surface area (Å²) < 4.78 is 5.51. The van der Waals surface area contributed by atoms with Crippen LogP contribution in [-0.2, 0) is 9.59 Å². The number of ether oxygens (including phenoxy) is 1. The van der Waals surface area contributed by atoms with E-state index in [-0.39, 0.29) is 6.61 Å². The van der Waals surface area contributed by atoms with E-state index in [0.717, 1.165) is 27.5 Å². The van der Waals surface area contributed by atoms with E-state index in [2.05, 4.69) is 10.9 Å². The van der Waals surface area contributed by atoms with E-state index in [1.54, 1.807) is 6.08 Å². The lowest BCUT2D eigenvalue weighted by Crippen LogP contribution is -2.43. The Balaban J connectivity index is 1.51. The lowest BCUT2D eigenvalue weighted by atomic mass is 10.0. The van der Waals surface area contributed by atoms with E-state index in [9.17, 15) is 9.59 Å². The predicted molar refractivity (Wildman–Crippen MR) is 111 cm³/mol. The van der Waals surface area contributed by atoms with Crippen molar-refractivity contribution in [3.05, 3.63) is 83.4 Å². The molecule has 2 N–H and O–H groups in total. The van der Waals surface area contributed by atoms with Gasteiger partial charge in [0, 0.05) is 6.08 Å². The van der Waals surface area contributed by atoms with Crippen molar-refractivity contribution >= 4 is 28.7 Å². The fraction of sp³-hybridized carbons (Fsp3) is 0.130.